The van der Waals surface area contributed by atoms with Crippen LogP contribution in [-0.2, 0) is 4.74 Å². The molecule has 104 valence electrons. The molecule has 1 aliphatic heterocycles. The van der Waals surface area contributed by atoms with Crippen LogP contribution >= 0.6 is 0 Å². The molecule has 0 fully saturated rings. The molecule has 2 aliphatic rings. The van der Waals surface area contributed by atoms with Gasteiger partial charge in [0.2, 0.25) is 5.90 Å². The summed E-state index contributed by atoms with van der Waals surface area (Å²) >= 11 is 0. The van der Waals surface area contributed by atoms with E-state index in [0.717, 1.165) is 5.57 Å². The minimum absolute atomic E-state index is 0.00488. The van der Waals surface area contributed by atoms with Crippen LogP contribution in [0.4, 0.5) is 8.78 Å². The Kier molecular flexibility index (Phi) is 3.26. The maximum absolute atomic E-state index is 13.7. The molecule has 0 spiro atoms. The molecule has 0 radical (unpaired) electrons. The lowest BCUT2D eigenvalue weighted by Crippen LogP contribution is -2.12. The second-order valence-corrected chi connectivity index (χ2v) is 4.76. The smallest absolute Gasteiger partial charge is 0.222 e. The lowest BCUT2D eigenvalue weighted by Gasteiger charge is -2.13. The quantitative estimate of drug-likeness (QED) is 0.901. The summed E-state index contributed by atoms with van der Waals surface area (Å²) in [5.41, 5.74) is 0.777. The lowest BCUT2D eigenvalue weighted by atomic mass is 9.98. The van der Waals surface area contributed by atoms with Crippen molar-refractivity contribution in [1.82, 2.24) is 0 Å². The highest BCUT2D eigenvalue weighted by Crippen LogP contribution is 2.26. The maximum atomic E-state index is 13.7. The number of hydrogen-bond acceptors (Lipinski definition) is 3. The van der Waals surface area contributed by atoms with E-state index < -0.39 is 11.6 Å². The van der Waals surface area contributed by atoms with Gasteiger partial charge in [-0.3, -0.25) is 0 Å². The van der Waals surface area contributed by atoms with E-state index in [1.165, 1.54) is 18.2 Å². The number of halogens is 2. The number of aliphatic imine (C=N–C) groups is 1. The van der Waals surface area contributed by atoms with Gasteiger partial charge in [-0.15, -0.1) is 0 Å². The molecule has 1 aromatic rings. The van der Waals surface area contributed by atoms with Gasteiger partial charge in [0.15, 0.2) is 0 Å². The van der Waals surface area contributed by atoms with E-state index in [0.29, 0.717) is 18.6 Å². The lowest BCUT2D eigenvalue weighted by molar-refractivity contribution is 0.322. The number of benzene rings is 1. The van der Waals surface area contributed by atoms with Gasteiger partial charge in [0.1, 0.15) is 29.8 Å². The van der Waals surface area contributed by atoms with Crippen molar-refractivity contribution in [2.75, 3.05) is 6.61 Å². The van der Waals surface area contributed by atoms with Gasteiger partial charge < -0.3 is 9.84 Å². The molecule has 3 rings (SSSR count). The summed E-state index contributed by atoms with van der Waals surface area (Å²) in [7, 11) is 0. The summed E-state index contributed by atoms with van der Waals surface area (Å²) in [6.45, 7) is 0.267. The molecule has 0 saturated heterocycles. The van der Waals surface area contributed by atoms with Gasteiger partial charge in [-0.05, 0) is 30.2 Å². The molecule has 0 bridgehead atoms. The van der Waals surface area contributed by atoms with E-state index in [-0.39, 0.29) is 24.1 Å². The van der Waals surface area contributed by atoms with Crippen molar-refractivity contribution in [2.45, 2.75) is 18.9 Å². The highest BCUT2D eigenvalue weighted by atomic mass is 19.1. The number of allylic oxidation sites excluding steroid dienone is 3. The molecule has 1 heterocycles. The van der Waals surface area contributed by atoms with Crippen molar-refractivity contribution in [3.63, 3.8) is 0 Å². The molecule has 1 N–H and O–H groups in total. The first-order chi connectivity index (χ1) is 9.65. The first-order valence-electron chi connectivity index (χ1n) is 6.38. The molecule has 5 heteroatoms. The first kappa shape index (κ1) is 12.8. The summed E-state index contributed by atoms with van der Waals surface area (Å²) in [5, 5.41) is 9.32. The maximum Gasteiger partial charge on any atom is 0.222 e. The molecule has 1 atom stereocenters. The van der Waals surface area contributed by atoms with Crippen molar-refractivity contribution in [1.29, 1.82) is 0 Å². The number of nitrogens with zero attached hydrogens (tertiary/aromatic N) is 1. The average molecular weight is 277 g/mol. The third-order valence-corrected chi connectivity index (χ3v) is 3.42. The highest BCUT2D eigenvalue weighted by Gasteiger charge is 2.27. The van der Waals surface area contributed by atoms with Crippen LogP contribution in [-0.4, -0.2) is 23.7 Å². The minimum Gasteiger partial charge on any atom is -0.512 e. The zero-order valence-corrected chi connectivity index (χ0v) is 10.6. The Morgan fingerprint density at radius 2 is 1.90 bits per heavy atom. The predicted molar refractivity (Wildman–Crippen MR) is 70.7 cm³/mol. The van der Waals surface area contributed by atoms with E-state index >= 15 is 0 Å². The van der Waals surface area contributed by atoms with Gasteiger partial charge in [-0.2, -0.15) is 0 Å². The van der Waals surface area contributed by atoms with Crippen LogP contribution in [0.1, 0.15) is 18.4 Å². The SMILES string of the molecule is OC1=CC=C(C2COC(c3c(F)cccc3F)=N2)CC1. The minimum atomic E-state index is -0.681. The third kappa shape index (κ3) is 2.31. The summed E-state index contributed by atoms with van der Waals surface area (Å²) in [4.78, 5) is 4.26. The normalized spacial score (nSPS) is 21.9. The number of rotatable bonds is 2. The third-order valence-electron chi connectivity index (χ3n) is 3.42. The second kappa shape index (κ2) is 5.07. The summed E-state index contributed by atoms with van der Waals surface area (Å²) in [6, 6.07) is 3.42. The van der Waals surface area contributed by atoms with Crippen LogP contribution < -0.4 is 0 Å². The fraction of sp³-hybridized carbons (Fsp3) is 0.267. The summed E-state index contributed by atoms with van der Waals surface area (Å²) in [6.07, 6.45) is 4.64. The van der Waals surface area contributed by atoms with E-state index in [9.17, 15) is 13.9 Å². The monoisotopic (exact) mass is 277 g/mol. The Morgan fingerprint density at radius 3 is 2.55 bits per heavy atom. The molecule has 0 aromatic heterocycles. The van der Waals surface area contributed by atoms with E-state index in [1.807, 2.05) is 0 Å². The largest absolute Gasteiger partial charge is 0.512 e. The van der Waals surface area contributed by atoms with Crippen molar-refractivity contribution >= 4 is 5.90 Å². The summed E-state index contributed by atoms with van der Waals surface area (Å²) in [5.74, 6) is -1.03. The Bertz CT molecular complexity index is 615. The Hall–Kier alpha value is -2.17. The molecule has 0 saturated carbocycles. The topological polar surface area (TPSA) is 41.8 Å². The fourth-order valence-electron chi connectivity index (χ4n) is 2.32. The van der Waals surface area contributed by atoms with Crippen LogP contribution in [0, 0.1) is 11.6 Å². The number of aliphatic hydroxyl groups excluding tert-OH is 1. The van der Waals surface area contributed by atoms with Crippen LogP contribution in [0.25, 0.3) is 0 Å². The van der Waals surface area contributed by atoms with Gasteiger partial charge in [0, 0.05) is 6.42 Å². The second-order valence-electron chi connectivity index (χ2n) is 4.76. The molecule has 3 nitrogen and oxygen atoms in total. The molecule has 1 unspecified atom stereocenters. The molecule has 1 aliphatic carbocycles. The van der Waals surface area contributed by atoms with E-state index in [4.69, 9.17) is 4.74 Å². The van der Waals surface area contributed by atoms with Crippen LogP contribution in [0.15, 0.2) is 46.7 Å². The number of aliphatic hydroxyl groups is 1. The molecular weight excluding hydrogens is 264 g/mol. The van der Waals surface area contributed by atoms with E-state index in [1.54, 1.807) is 12.2 Å². The Labute approximate surface area is 114 Å². The Morgan fingerprint density at radius 1 is 1.15 bits per heavy atom. The van der Waals surface area contributed by atoms with Gasteiger partial charge >= 0.3 is 0 Å². The van der Waals surface area contributed by atoms with Gasteiger partial charge in [-0.1, -0.05) is 12.1 Å². The average Bonchev–Trinajstić information content (AvgIpc) is 2.89. The zero-order chi connectivity index (χ0) is 14.1. The van der Waals surface area contributed by atoms with Crippen molar-refractivity contribution in [3.8, 4) is 0 Å². The van der Waals surface area contributed by atoms with Crippen molar-refractivity contribution < 1.29 is 18.6 Å². The van der Waals surface area contributed by atoms with Crippen molar-refractivity contribution in [3.05, 3.63) is 58.9 Å². The van der Waals surface area contributed by atoms with Gasteiger partial charge in [-0.25, -0.2) is 13.8 Å². The molecule has 0 amide bonds. The van der Waals surface area contributed by atoms with Gasteiger partial charge in [0.05, 0.1) is 5.76 Å². The first-order valence-corrected chi connectivity index (χ1v) is 6.38. The predicted octanol–water partition coefficient (Wildman–Crippen LogP) is 3.27. The standard InChI is InChI=1S/C15H13F2NO2/c16-11-2-1-3-12(17)14(11)15-18-13(8-20-15)9-4-6-10(19)7-5-9/h1-4,6,13,19H,5,7-8H2. The van der Waals surface area contributed by atoms with Crippen LogP contribution in [0.3, 0.4) is 0 Å². The van der Waals surface area contributed by atoms with Crippen LogP contribution in [0.5, 0.6) is 0 Å². The van der Waals surface area contributed by atoms with Gasteiger partial charge in [0.25, 0.3) is 0 Å². The van der Waals surface area contributed by atoms with Crippen molar-refractivity contribution in [2.24, 2.45) is 4.99 Å². The zero-order valence-electron chi connectivity index (χ0n) is 10.6. The fourth-order valence-corrected chi connectivity index (χ4v) is 2.32. The molecular formula is C15H13F2NO2. The molecule has 20 heavy (non-hydrogen) atoms. The number of ether oxygens (including phenoxy) is 1. The highest BCUT2D eigenvalue weighted by molar-refractivity contribution is 5.95. The number of hydrogen-bond donors (Lipinski definition) is 1. The van der Waals surface area contributed by atoms with E-state index in [2.05, 4.69) is 4.99 Å². The summed E-state index contributed by atoms with van der Waals surface area (Å²) < 4.78 is 32.7. The molecule has 1 aromatic carbocycles. The Balaban J connectivity index is 1.89. The van der Waals surface area contributed by atoms with Crippen LogP contribution in [0.2, 0.25) is 0 Å².